The minimum atomic E-state index is -1.10. The number of rotatable bonds is 4. The Kier molecular flexibility index (Phi) is 5.16. The third kappa shape index (κ3) is 3.32. The predicted molar refractivity (Wildman–Crippen MR) is 112 cm³/mol. The minimum absolute atomic E-state index is 0.0535. The quantitative estimate of drug-likeness (QED) is 0.640. The Morgan fingerprint density at radius 2 is 2.06 bits per heavy atom. The molecule has 8 heteroatoms. The van der Waals surface area contributed by atoms with Gasteiger partial charge in [-0.05, 0) is 61.1 Å². The maximum Gasteiger partial charge on any atom is 0.352 e. The van der Waals surface area contributed by atoms with Crippen molar-refractivity contribution in [1.29, 1.82) is 0 Å². The number of hydrogen-bond donors (Lipinski definition) is 1. The summed E-state index contributed by atoms with van der Waals surface area (Å²) >= 11 is 0. The van der Waals surface area contributed by atoms with Crippen LogP contribution in [0.5, 0.6) is 5.75 Å². The van der Waals surface area contributed by atoms with Gasteiger partial charge < -0.3 is 19.1 Å². The van der Waals surface area contributed by atoms with Crippen molar-refractivity contribution in [3.05, 3.63) is 46.0 Å². The minimum Gasteiger partial charge on any atom is -0.490 e. The number of carbonyl (C=O) groups excluding carboxylic acids is 1. The number of methoxy groups -OCH3 is 1. The van der Waals surface area contributed by atoms with Gasteiger partial charge in [0.05, 0.1) is 20.1 Å². The SMILES string of the molecule is COC(=O)Cc1c(C)nc2c(cc(C(=O)O)n2C)c1-c1cc(F)c2c(c1C)CCCO2. The summed E-state index contributed by atoms with van der Waals surface area (Å²) in [6.07, 6.45) is 1.40. The van der Waals surface area contributed by atoms with Gasteiger partial charge in [0.1, 0.15) is 11.3 Å². The van der Waals surface area contributed by atoms with Gasteiger partial charge in [0.15, 0.2) is 11.6 Å². The van der Waals surface area contributed by atoms with Crippen molar-refractivity contribution in [2.24, 2.45) is 7.05 Å². The maximum atomic E-state index is 15.0. The monoisotopic (exact) mass is 426 g/mol. The molecule has 3 heterocycles. The van der Waals surface area contributed by atoms with E-state index in [2.05, 4.69) is 4.98 Å². The van der Waals surface area contributed by atoms with Crippen molar-refractivity contribution in [2.45, 2.75) is 33.1 Å². The van der Waals surface area contributed by atoms with E-state index >= 15 is 4.39 Å². The van der Waals surface area contributed by atoms with Gasteiger partial charge in [0.2, 0.25) is 0 Å². The summed E-state index contributed by atoms with van der Waals surface area (Å²) in [5.74, 6) is -1.76. The normalized spacial score (nSPS) is 13.1. The fourth-order valence-corrected chi connectivity index (χ4v) is 4.34. The van der Waals surface area contributed by atoms with Crippen LogP contribution in [-0.2, 0) is 29.4 Å². The first-order valence-corrected chi connectivity index (χ1v) is 9.98. The summed E-state index contributed by atoms with van der Waals surface area (Å²) in [5, 5.41) is 10.2. The van der Waals surface area contributed by atoms with Gasteiger partial charge in [-0.2, -0.15) is 0 Å². The number of aromatic carboxylic acids is 1. The highest BCUT2D eigenvalue weighted by Crippen LogP contribution is 2.42. The second-order valence-electron chi connectivity index (χ2n) is 7.73. The van der Waals surface area contributed by atoms with E-state index in [9.17, 15) is 14.7 Å². The molecule has 31 heavy (non-hydrogen) atoms. The summed E-state index contributed by atoms with van der Waals surface area (Å²) < 4.78 is 27.0. The van der Waals surface area contributed by atoms with Crippen LogP contribution in [0.2, 0.25) is 0 Å². The predicted octanol–water partition coefficient (Wildman–Crippen LogP) is 3.73. The van der Waals surface area contributed by atoms with E-state index < -0.39 is 17.8 Å². The van der Waals surface area contributed by atoms with Crippen molar-refractivity contribution < 1.29 is 28.6 Å². The van der Waals surface area contributed by atoms with E-state index in [0.717, 1.165) is 17.5 Å². The number of aryl methyl sites for hydroxylation is 2. The maximum absolute atomic E-state index is 15.0. The van der Waals surface area contributed by atoms with Crippen LogP contribution < -0.4 is 4.74 Å². The van der Waals surface area contributed by atoms with Crippen molar-refractivity contribution in [2.75, 3.05) is 13.7 Å². The molecular formula is C23H23FN2O5. The van der Waals surface area contributed by atoms with E-state index in [-0.39, 0.29) is 17.9 Å². The molecule has 2 aromatic heterocycles. The lowest BCUT2D eigenvalue weighted by Crippen LogP contribution is -2.13. The molecule has 1 aliphatic rings. The summed E-state index contributed by atoms with van der Waals surface area (Å²) in [5.41, 5.74) is 4.47. The molecule has 0 saturated carbocycles. The summed E-state index contributed by atoms with van der Waals surface area (Å²) in [4.78, 5) is 28.5. The lowest BCUT2D eigenvalue weighted by Gasteiger charge is -2.23. The van der Waals surface area contributed by atoms with Gasteiger partial charge in [-0.3, -0.25) is 4.79 Å². The molecule has 3 aromatic rings. The summed E-state index contributed by atoms with van der Waals surface area (Å²) in [6.45, 7) is 4.12. The number of carbonyl (C=O) groups is 2. The average Bonchev–Trinajstić information content (AvgIpc) is 3.07. The molecule has 0 aliphatic carbocycles. The number of hydrogen-bond acceptors (Lipinski definition) is 5. The van der Waals surface area contributed by atoms with Crippen LogP contribution in [0.25, 0.3) is 22.2 Å². The Morgan fingerprint density at radius 3 is 2.74 bits per heavy atom. The molecule has 0 spiro atoms. The molecule has 0 saturated heterocycles. The highest BCUT2D eigenvalue weighted by Gasteiger charge is 2.27. The number of fused-ring (bicyclic) bond motifs is 2. The Hall–Kier alpha value is -3.42. The van der Waals surface area contributed by atoms with E-state index in [1.807, 2.05) is 6.92 Å². The molecule has 0 bridgehead atoms. The Morgan fingerprint density at radius 1 is 1.32 bits per heavy atom. The third-order valence-corrected chi connectivity index (χ3v) is 5.96. The molecule has 1 N–H and O–H groups in total. The van der Waals surface area contributed by atoms with Crippen LogP contribution >= 0.6 is 0 Å². The first-order valence-electron chi connectivity index (χ1n) is 9.98. The second kappa shape index (κ2) is 7.68. The highest BCUT2D eigenvalue weighted by molar-refractivity contribution is 6.02. The van der Waals surface area contributed by atoms with Gasteiger partial charge >= 0.3 is 11.9 Å². The van der Waals surface area contributed by atoms with Gasteiger partial charge in [0.25, 0.3) is 0 Å². The van der Waals surface area contributed by atoms with Gasteiger partial charge in [0, 0.05) is 23.7 Å². The molecule has 0 fully saturated rings. The van der Waals surface area contributed by atoms with Crippen LogP contribution in [-0.4, -0.2) is 40.3 Å². The van der Waals surface area contributed by atoms with Gasteiger partial charge in [-0.25, -0.2) is 14.2 Å². The first kappa shape index (κ1) is 20.8. The number of ether oxygens (including phenoxy) is 2. The Labute approximate surface area is 178 Å². The summed E-state index contributed by atoms with van der Waals surface area (Å²) in [6, 6.07) is 2.93. The molecule has 1 aliphatic heterocycles. The van der Waals surface area contributed by atoms with E-state index in [0.29, 0.717) is 46.4 Å². The fourth-order valence-electron chi connectivity index (χ4n) is 4.34. The van der Waals surface area contributed by atoms with Crippen molar-refractivity contribution in [3.63, 3.8) is 0 Å². The average molecular weight is 426 g/mol. The molecule has 0 atom stereocenters. The fraction of sp³-hybridized carbons (Fsp3) is 0.348. The Balaban J connectivity index is 2.12. The molecule has 7 nitrogen and oxygen atoms in total. The number of halogens is 1. The zero-order valence-corrected chi connectivity index (χ0v) is 17.8. The van der Waals surface area contributed by atoms with Crippen LogP contribution in [0.1, 0.15) is 39.3 Å². The van der Waals surface area contributed by atoms with Crippen LogP contribution in [0, 0.1) is 19.7 Å². The Bertz CT molecular complexity index is 1250. The standard InChI is InChI=1S/C23H23FN2O5/c1-11-13-6-5-7-31-21(13)17(24)8-14(11)20-15(10-19(27)30-4)12(2)25-22-16(20)9-18(23(28)29)26(22)3/h8-9H,5-7,10H2,1-4H3,(H,28,29). The van der Waals surface area contributed by atoms with Crippen molar-refractivity contribution in [1.82, 2.24) is 9.55 Å². The highest BCUT2D eigenvalue weighted by atomic mass is 19.1. The molecular weight excluding hydrogens is 403 g/mol. The summed E-state index contributed by atoms with van der Waals surface area (Å²) in [7, 11) is 2.92. The van der Waals surface area contributed by atoms with Crippen molar-refractivity contribution >= 4 is 23.0 Å². The zero-order chi connectivity index (χ0) is 22.4. The van der Waals surface area contributed by atoms with Crippen LogP contribution in [0.15, 0.2) is 12.1 Å². The number of benzene rings is 1. The molecule has 4 rings (SSSR count). The number of carboxylic acid groups (broad SMARTS) is 1. The van der Waals surface area contributed by atoms with E-state index in [1.165, 1.54) is 23.8 Å². The second-order valence-corrected chi connectivity index (χ2v) is 7.73. The third-order valence-electron chi connectivity index (χ3n) is 5.96. The van der Waals surface area contributed by atoms with Gasteiger partial charge in [-0.1, -0.05) is 0 Å². The lowest BCUT2D eigenvalue weighted by molar-refractivity contribution is -0.139. The van der Waals surface area contributed by atoms with Crippen LogP contribution in [0.3, 0.4) is 0 Å². The number of esters is 1. The molecule has 0 unspecified atom stereocenters. The smallest absolute Gasteiger partial charge is 0.352 e. The molecule has 1 aromatic carbocycles. The first-order chi connectivity index (χ1) is 14.7. The topological polar surface area (TPSA) is 90.6 Å². The number of aromatic nitrogens is 2. The number of nitrogens with zero attached hydrogens (tertiary/aromatic N) is 2. The molecule has 0 amide bonds. The molecule has 0 radical (unpaired) electrons. The largest absolute Gasteiger partial charge is 0.490 e. The number of carboxylic acids is 1. The lowest BCUT2D eigenvalue weighted by atomic mass is 9.87. The number of pyridine rings is 1. The van der Waals surface area contributed by atoms with E-state index in [4.69, 9.17) is 9.47 Å². The van der Waals surface area contributed by atoms with E-state index in [1.54, 1.807) is 14.0 Å². The zero-order valence-electron chi connectivity index (χ0n) is 17.8. The molecule has 162 valence electrons. The van der Waals surface area contributed by atoms with Crippen molar-refractivity contribution in [3.8, 4) is 16.9 Å². The van der Waals surface area contributed by atoms with Crippen LogP contribution in [0.4, 0.5) is 4.39 Å². The van der Waals surface area contributed by atoms with Gasteiger partial charge in [-0.15, -0.1) is 0 Å².